The lowest BCUT2D eigenvalue weighted by molar-refractivity contribution is -0.207. The fraction of sp³-hybridized carbons (Fsp3) is 0.667. The molecule has 1 amide bonds. The number of nitrogens with zero attached hydrogens (tertiary/aromatic N) is 2. The lowest BCUT2D eigenvalue weighted by Gasteiger charge is -2.56. The van der Waals surface area contributed by atoms with E-state index < -0.39 is 0 Å². The summed E-state index contributed by atoms with van der Waals surface area (Å²) in [7, 11) is 0. The van der Waals surface area contributed by atoms with Gasteiger partial charge in [-0.05, 0) is 19.8 Å². The SMILES string of the molecule is CCO[C@H]1C[C@@H](O)C12CCN(C(=O)c1c[nH]c(=O)cn1)CC2. The summed E-state index contributed by atoms with van der Waals surface area (Å²) < 4.78 is 5.72. The minimum absolute atomic E-state index is 0.0935. The van der Waals surface area contributed by atoms with Gasteiger partial charge in [-0.3, -0.25) is 9.59 Å². The molecule has 3 rings (SSSR count). The molecule has 0 aromatic carbocycles. The molecule has 120 valence electrons. The molecule has 2 aliphatic rings. The third-order valence-electron chi connectivity index (χ3n) is 4.98. The van der Waals surface area contributed by atoms with Crippen LogP contribution < -0.4 is 5.56 Å². The highest BCUT2D eigenvalue weighted by Crippen LogP contribution is 2.50. The average molecular weight is 307 g/mol. The molecule has 0 unspecified atom stereocenters. The van der Waals surface area contributed by atoms with Crippen LogP contribution in [0, 0.1) is 5.41 Å². The first-order valence-electron chi connectivity index (χ1n) is 7.70. The van der Waals surface area contributed by atoms with Crippen molar-refractivity contribution in [3.63, 3.8) is 0 Å². The predicted octanol–water partition coefficient (Wildman–Crippen LogP) is 0.162. The number of carbonyl (C=O) groups excluding carboxylic acids is 1. The van der Waals surface area contributed by atoms with Gasteiger partial charge in [0.15, 0.2) is 0 Å². The third-order valence-corrected chi connectivity index (χ3v) is 4.98. The molecular formula is C15H21N3O4. The summed E-state index contributed by atoms with van der Waals surface area (Å²) in [6.07, 6.45) is 4.35. The van der Waals surface area contributed by atoms with Crippen LogP contribution in [-0.2, 0) is 4.74 Å². The molecule has 1 saturated heterocycles. The Bertz CT molecular complexity index is 585. The Balaban J connectivity index is 1.65. The van der Waals surface area contributed by atoms with Crippen LogP contribution in [0.15, 0.2) is 17.2 Å². The Morgan fingerprint density at radius 1 is 1.55 bits per heavy atom. The summed E-state index contributed by atoms with van der Waals surface area (Å²) in [6.45, 7) is 3.74. The fourth-order valence-electron chi connectivity index (χ4n) is 3.56. The van der Waals surface area contributed by atoms with Gasteiger partial charge in [-0.25, -0.2) is 4.98 Å². The Hall–Kier alpha value is -1.73. The van der Waals surface area contributed by atoms with E-state index in [1.165, 1.54) is 6.20 Å². The van der Waals surface area contributed by atoms with Gasteiger partial charge in [-0.15, -0.1) is 0 Å². The van der Waals surface area contributed by atoms with Crippen molar-refractivity contribution < 1.29 is 14.6 Å². The first-order chi connectivity index (χ1) is 10.6. The molecule has 2 fully saturated rings. The van der Waals surface area contributed by atoms with Gasteiger partial charge in [0.05, 0.1) is 18.4 Å². The van der Waals surface area contributed by atoms with Crippen molar-refractivity contribution in [2.24, 2.45) is 5.41 Å². The van der Waals surface area contributed by atoms with E-state index in [-0.39, 0.29) is 34.8 Å². The Kier molecular flexibility index (Phi) is 4.01. The lowest BCUT2D eigenvalue weighted by atomic mass is 9.58. The van der Waals surface area contributed by atoms with E-state index in [4.69, 9.17) is 4.74 Å². The van der Waals surface area contributed by atoms with Crippen LogP contribution in [0.3, 0.4) is 0 Å². The highest BCUT2D eigenvalue weighted by molar-refractivity contribution is 5.92. The number of aromatic nitrogens is 2. The molecule has 22 heavy (non-hydrogen) atoms. The summed E-state index contributed by atoms with van der Waals surface area (Å²) >= 11 is 0. The summed E-state index contributed by atoms with van der Waals surface area (Å²) in [5, 5.41) is 10.2. The Labute approximate surface area is 128 Å². The summed E-state index contributed by atoms with van der Waals surface area (Å²) in [4.78, 5) is 31.4. The van der Waals surface area contributed by atoms with E-state index in [9.17, 15) is 14.7 Å². The van der Waals surface area contributed by atoms with Crippen molar-refractivity contribution in [2.75, 3.05) is 19.7 Å². The number of aliphatic hydroxyl groups excluding tert-OH is 1. The monoisotopic (exact) mass is 307 g/mol. The fourth-order valence-corrected chi connectivity index (χ4v) is 3.56. The second-order valence-electron chi connectivity index (χ2n) is 6.02. The molecular weight excluding hydrogens is 286 g/mol. The number of aromatic amines is 1. The maximum absolute atomic E-state index is 12.4. The van der Waals surface area contributed by atoms with Crippen LogP contribution in [0.25, 0.3) is 0 Å². The van der Waals surface area contributed by atoms with Crippen molar-refractivity contribution in [2.45, 2.75) is 38.4 Å². The molecule has 1 aromatic rings. The van der Waals surface area contributed by atoms with E-state index in [2.05, 4.69) is 9.97 Å². The van der Waals surface area contributed by atoms with Crippen molar-refractivity contribution in [1.29, 1.82) is 0 Å². The van der Waals surface area contributed by atoms with Crippen LogP contribution in [0.1, 0.15) is 36.7 Å². The first kappa shape index (κ1) is 15.2. The van der Waals surface area contributed by atoms with E-state index in [1.807, 2.05) is 6.92 Å². The number of likely N-dealkylation sites (tertiary alicyclic amines) is 1. The quantitative estimate of drug-likeness (QED) is 0.829. The summed E-state index contributed by atoms with van der Waals surface area (Å²) in [5.74, 6) is -0.187. The number of aliphatic hydroxyl groups is 1. The Morgan fingerprint density at radius 2 is 2.27 bits per heavy atom. The van der Waals surface area contributed by atoms with Gasteiger partial charge >= 0.3 is 0 Å². The molecule has 7 nitrogen and oxygen atoms in total. The molecule has 0 radical (unpaired) electrons. The number of nitrogens with one attached hydrogen (secondary N) is 1. The van der Waals surface area contributed by atoms with E-state index in [1.54, 1.807) is 4.90 Å². The van der Waals surface area contributed by atoms with E-state index >= 15 is 0 Å². The summed E-state index contributed by atoms with van der Waals surface area (Å²) in [6, 6.07) is 0. The van der Waals surface area contributed by atoms with Crippen LogP contribution in [-0.4, -0.2) is 57.8 Å². The van der Waals surface area contributed by atoms with Crippen LogP contribution in [0.5, 0.6) is 0 Å². The number of hydrogen-bond acceptors (Lipinski definition) is 5. The molecule has 0 bridgehead atoms. The maximum atomic E-state index is 12.4. The molecule has 2 heterocycles. The predicted molar refractivity (Wildman–Crippen MR) is 78.5 cm³/mol. The van der Waals surface area contributed by atoms with Gasteiger partial charge < -0.3 is 19.7 Å². The molecule has 1 saturated carbocycles. The van der Waals surface area contributed by atoms with Gasteiger partial charge in [-0.2, -0.15) is 0 Å². The first-order valence-corrected chi connectivity index (χ1v) is 7.70. The molecule has 2 atom stereocenters. The molecule has 1 aromatic heterocycles. The lowest BCUT2D eigenvalue weighted by Crippen LogP contribution is -2.62. The number of H-pyrrole nitrogens is 1. The number of piperidine rings is 1. The normalized spacial score (nSPS) is 26.7. The number of rotatable bonds is 3. The number of ether oxygens (including phenoxy) is 1. The molecule has 1 aliphatic carbocycles. The average Bonchev–Trinajstić information content (AvgIpc) is 2.55. The highest BCUT2D eigenvalue weighted by atomic mass is 16.5. The van der Waals surface area contributed by atoms with Gasteiger partial charge in [0.2, 0.25) is 0 Å². The van der Waals surface area contributed by atoms with E-state index in [0.717, 1.165) is 19.0 Å². The van der Waals surface area contributed by atoms with Crippen molar-refractivity contribution in [3.05, 3.63) is 28.4 Å². The maximum Gasteiger partial charge on any atom is 0.273 e. The molecule has 2 N–H and O–H groups in total. The smallest absolute Gasteiger partial charge is 0.273 e. The molecule has 1 spiro atoms. The van der Waals surface area contributed by atoms with Gasteiger partial charge in [0.25, 0.3) is 11.5 Å². The topological polar surface area (TPSA) is 95.5 Å². The van der Waals surface area contributed by atoms with Gasteiger partial charge in [0.1, 0.15) is 5.69 Å². The molecule has 7 heteroatoms. The van der Waals surface area contributed by atoms with E-state index in [0.29, 0.717) is 26.1 Å². The standard InChI is InChI=1S/C15H21N3O4/c1-2-22-12-7-11(19)15(12)3-5-18(6-4-15)14(21)10-8-17-13(20)9-16-10/h8-9,11-12,19H,2-7H2,1H3,(H,17,20)/t11-,12+/m1/s1. The zero-order valence-corrected chi connectivity index (χ0v) is 12.6. The zero-order chi connectivity index (χ0) is 15.7. The minimum Gasteiger partial charge on any atom is -0.392 e. The van der Waals surface area contributed by atoms with Crippen molar-refractivity contribution in [1.82, 2.24) is 14.9 Å². The zero-order valence-electron chi connectivity index (χ0n) is 12.6. The number of carbonyl (C=O) groups is 1. The van der Waals surface area contributed by atoms with Crippen LogP contribution in [0.4, 0.5) is 0 Å². The Morgan fingerprint density at radius 3 is 2.82 bits per heavy atom. The minimum atomic E-state index is -0.340. The van der Waals surface area contributed by atoms with Crippen molar-refractivity contribution in [3.8, 4) is 0 Å². The van der Waals surface area contributed by atoms with Crippen LogP contribution in [0.2, 0.25) is 0 Å². The van der Waals surface area contributed by atoms with Crippen molar-refractivity contribution >= 4 is 5.91 Å². The largest absolute Gasteiger partial charge is 0.392 e. The second kappa shape index (κ2) is 5.81. The van der Waals surface area contributed by atoms with Crippen LogP contribution >= 0.6 is 0 Å². The number of amides is 1. The van der Waals surface area contributed by atoms with Gasteiger partial charge in [0, 0.05) is 37.7 Å². The van der Waals surface area contributed by atoms with Gasteiger partial charge in [-0.1, -0.05) is 0 Å². The highest BCUT2D eigenvalue weighted by Gasteiger charge is 2.56. The second-order valence-corrected chi connectivity index (χ2v) is 6.02. The number of hydrogen-bond donors (Lipinski definition) is 2. The molecule has 1 aliphatic heterocycles. The summed E-state index contributed by atoms with van der Waals surface area (Å²) in [5.41, 5.74) is -0.289. The third kappa shape index (κ3) is 2.44.